The van der Waals surface area contributed by atoms with Crippen molar-refractivity contribution in [3.63, 3.8) is 0 Å². The molecule has 0 aromatic heterocycles. The first-order valence-corrected chi connectivity index (χ1v) is 11.0. The molecular formula is C21H26N2O4S. The van der Waals surface area contributed by atoms with Crippen LogP contribution in [0.4, 0.5) is 0 Å². The molecule has 0 bridgehead atoms. The van der Waals surface area contributed by atoms with Gasteiger partial charge in [0.25, 0.3) is 0 Å². The van der Waals surface area contributed by atoms with Gasteiger partial charge in [0.15, 0.2) is 0 Å². The molecule has 0 radical (unpaired) electrons. The molecule has 0 unspecified atom stereocenters. The van der Waals surface area contributed by atoms with E-state index < -0.39 is 10.0 Å². The summed E-state index contributed by atoms with van der Waals surface area (Å²) in [4.78, 5) is 14.6. The van der Waals surface area contributed by atoms with Crippen LogP contribution in [0.1, 0.15) is 25.3 Å². The highest BCUT2D eigenvalue weighted by Gasteiger charge is 2.26. The average molecular weight is 403 g/mol. The Balaban J connectivity index is 1.50. The SMILES string of the molecule is CCOc1ccc(CC(=O)N2CCC(NS(=O)(=O)c3ccccc3)CC2)cc1. The number of sulfonamides is 1. The van der Waals surface area contributed by atoms with Crippen molar-refractivity contribution in [3.8, 4) is 5.75 Å². The van der Waals surface area contributed by atoms with Gasteiger partial charge in [-0.2, -0.15) is 0 Å². The minimum atomic E-state index is -3.52. The number of hydrogen-bond donors (Lipinski definition) is 1. The molecule has 0 atom stereocenters. The number of rotatable bonds is 7. The molecule has 1 amide bonds. The number of hydrogen-bond acceptors (Lipinski definition) is 4. The number of piperidine rings is 1. The number of amides is 1. The van der Waals surface area contributed by atoms with E-state index in [1.807, 2.05) is 36.1 Å². The topological polar surface area (TPSA) is 75.7 Å². The van der Waals surface area contributed by atoms with Crippen LogP contribution in [0.25, 0.3) is 0 Å². The van der Waals surface area contributed by atoms with E-state index in [1.54, 1.807) is 30.3 Å². The Hall–Kier alpha value is -2.38. The molecule has 1 aliphatic rings. The number of likely N-dealkylation sites (tertiary alicyclic amines) is 1. The van der Waals surface area contributed by atoms with E-state index in [-0.39, 0.29) is 16.8 Å². The minimum Gasteiger partial charge on any atom is -0.494 e. The van der Waals surface area contributed by atoms with E-state index in [4.69, 9.17) is 4.74 Å². The summed E-state index contributed by atoms with van der Waals surface area (Å²) in [7, 11) is -3.52. The first-order chi connectivity index (χ1) is 13.5. The zero-order chi connectivity index (χ0) is 20.0. The number of nitrogens with zero attached hydrogens (tertiary/aromatic N) is 1. The first kappa shape index (κ1) is 20.4. The Morgan fingerprint density at radius 3 is 2.32 bits per heavy atom. The van der Waals surface area contributed by atoms with Crippen molar-refractivity contribution in [2.45, 2.75) is 37.1 Å². The number of carbonyl (C=O) groups excluding carboxylic acids is 1. The fourth-order valence-corrected chi connectivity index (χ4v) is 4.62. The van der Waals surface area contributed by atoms with Gasteiger partial charge < -0.3 is 9.64 Å². The van der Waals surface area contributed by atoms with Crippen LogP contribution in [-0.2, 0) is 21.2 Å². The zero-order valence-electron chi connectivity index (χ0n) is 16.0. The monoisotopic (exact) mass is 402 g/mol. The van der Waals surface area contributed by atoms with Crippen molar-refractivity contribution < 1.29 is 17.9 Å². The van der Waals surface area contributed by atoms with E-state index >= 15 is 0 Å². The lowest BCUT2D eigenvalue weighted by Crippen LogP contribution is -2.46. The van der Waals surface area contributed by atoms with Crippen molar-refractivity contribution >= 4 is 15.9 Å². The average Bonchev–Trinajstić information content (AvgIpc) is 2.70. The zero-order valence-corrected chi connectivity index (χ0v) is 16.8. The van der Waals surface area contributed by atoms with Crippen molar-refractivity contribution in [2.24, 2.45) is 0 Å². The first-order valence-electron chi connectivity index (χ1n) is 9.55. The Kier molecular flexibility index (Phi) is 6.70. The summed E-state index contributed by atoms with van der Waals surface area (Å²) in [6, 6.07) is 15.8. The molecule has 0 spiro atoms. The number of ether oxygens (including phenoxy) is 1. The summed E-state index contributed by atoms with van der Waals surface area (Å²) < 4.78 is 33.0. The van der Waals surface area contributed by atoms with E-state index in [2.05, 4.69) is 4.72 Å². The molecule has 1 saturated heterocycles. The normalized spacial score (nSPS) is 15.4. The fraction of sp³-hybridized carbons (Fsp3) is 0.381. The van der Waals surface area contributed by atoms with Crippen molar-refractivity contribution in [1.82, 2.24) is 9.62 Å². The van der Waals surface area contributed by atoms with Gasteiger partial charge in [-0.3, -0.25) is 4.79 Å². The smallest absolute Gasteiger partial charge is 0.240 e. The molecule has 6 nitrogen and oxygen atoms in total. The molecule has 2 aromatic carbocycles. The van der Waals surface area contributed by atoms with Gasteiger partial charge in [-0.25, -0.2) is 13.1 Å². The van der Waals surface area contributed by atoms with E-state index in [1.165, 1.54) is 0 Å². The third-order valence-electron chi connectivity index (χ3n) is 4.81. The Bertz CT molecular complexity index is 874. The summed E-state index contributed by atoms with van der Waals surface area (Å²) in [6.07, 6.45) is 1.56. The predicted molar refractivity (Wildman–Crippen MR) is 108 cm³/mol. The predicted octanol–water partition coefficient (Wildman–Crippen LogP) is 2.60. The second kappa shape index (κ2) is 9.21. The second-order valence-corrected chi connectivity index (χ2v) is 8.56. The van der Waals surface area contributed by atoms with Crippen LogP contribution >= 0.6 is 0 Å². The third-order valence-corrected chi connectivity index (χ3v) is 6.35. The molecule has 1 fully saturated rings. The lowest BCUT2D eigenvalue weighted by atomic mass is 10.0. The minimum absolute atomic E-state index is 0.0635. The third kappa shape index (κ3) is 5.33. The summed E-state index contributed by atoms with van der Waals surface area (Å²) in [5.74, 6) is 0.860. The van der Waals surface area contributed by atoms with Crippen LogP contribution in [0.15, 0.2) is 59.5 Å². The van der Waals surface area contributed by atoms with Gasteiger partial charge in [0.1, 0.15) is 5.75 Å². The molecule has 1 N–H and O–H groups in total. The maximum absolute atomic E-state index is 12.5. The van der Waals surface area contributed by atoms with Gasteiger partial charge in [-0.1, -0.05) is 30.3 Å². The molecule has 150 valence electrons. The maximum Gasteiger partial charge on any atom is 0.240 e. The van der Waals surface area contributed by atoms with E-state index in [0.717, 1.165) is 11.3 Å². The quantitative estimate of drug-likeness (QED) is 0.772. The van der Waals surface area contributed by atoms with Crippen molar-refractivity contribution in [2.75, 3.05) is 19.7 Å². The van der Waals surface area contributed by atoms with Gasteiger partial charge in [0.2, 0.25) is 15.9 Å². The Labute approximate surface area is 166 Å². The lowest BCUT2D eigenvalue weighted by molar-refractivity contribution is -0.131. The highest BCUT2D eigenvalue weighted by Crippen LogP contribution is 2.17. The molecule has 3 rings (SSSR count). The van der Waals surface area contributed by atoms with Crippen LogP contribution in [0.3, 0.4) is 0 Å². The maximum atomic E-state index is 12.5. The summed E-state index contributed by atoms with van der Waals surface area (Å²) in [5, 5.41) is 0. The summed E-state index contributed by atoms with van der Waals surface area (Å²) in [6.45, 7) is 3.65. The number of benzene rings is 2. The Morgan fingerprint density at radius 1 is 1.07 bits per heavy atom. The van der Waals surface area contributed by atoms with Gasteiger partial charge >= 0.3 is 0 Å². The van der Waals surface area contributed by atoms with Crippen LogP contribution in [0, 0.1) is 0 Å². The molecule has 1 aliphatic heterocycles. The summed E-state index contributed by atoms with van der Waals surface area (Å²) >= 11 is 0. The molecule has 2 aromatic rings. The van der Waals surface area contributed by atoms with Crippen LogP contribution < -0.4 is 9.46 Å². The van der Waals surface area contributed by atoms with Crippen molar-refractivity contribution in [1.29, 1.82) is 0 Å². The van der Waals surface area contributed by atoms with Crippen LogP contribution in [0.5, 0.6) is 5.75 Å². The molecule has 28 heavy (non-hydrogen) atoms. The van der Waals surface area contributed by atoms with Crippen LogP contribution in [-0.4, -0.2) is 45.0 Å². The molecule has 0 saturated carbocycles. The number of nitrogens with one attached hydrogen (secondary N) is 1. The Morgan fingerprint density at radius 2 is 1.71 bits per heavy atom. The molecule has 1 heterocycles. The highest BCUT2D eigenvalue weighted by molar-refractivity contribution is 7.89. The summed E-state index contributed by atoms with van der Waals surface area (Å²) in [5.41, 5.74) is 0.945. The highest BCUT2D eigenvalue weighted by atomic mass is 32.2. The van der Waals surface area contributed by atoms with Gasteiger partial charge in [-0.15, -0.1) is 0 Å². The fourth-order valence-electron chi connectivity index (χ4n) is 3.29. The van der Waals surface area contributed by atoms with Crippen molar-refractivity contribution in [3.05, 3.63) is 60.2 Å². The second-order valence-electron chi connectivity index (χ2n) is 6.84. The van der Waals surface area contributed by atoms with Gasteiger partial charge in [0.05, 0.1) is 17.9 Å². The van der Waals surface area contributed by atoms with Gasteiger partial charge in [0, 0.05) is 19.1 Å². The van der Waals surface area contributed by atoms with Gasteiger partial charge in [-0.05, 0) is 49.6 Å². The number of carbonyl (C=O) groups is 1. The molecule has 0 aliphatic carbocycles. The standard InChI is InChI=1S/C21H26N2O4S/c1-2-27-19-10-8-17(9-11-19)16-21(24)23-14-12-18(13-15-23)22-28(25,26)20-6-4-3-5-7-20/h3-11,18,22H,2,12-16H2,1H3. The van der Waals surface area contributed by atoms with Crippen LogP contribution in [0.2, 0.25) is 0 Å². The molecule has 7 heteroatoms. The largest absolute Gasteiger partial charge is 0.494 e. The lowest BCUT2D eigenvalue weighted by Gasteiger charge is -2.32. The van der Waals surface area contributed by atoms with E-state index in [0.29, 0.717) is 39.0 Å². The van der Waals surface area contributed by atoms with E-state index in [9.17, 15) is 13.2 Å². The molecular weight excluding hydrogens is 376 g/mol.